The number of hydrogen-bond acceptors (Lipinski definition) is 12. The van der Waals surface area contributed by atoms with Gasteiger partial charge < -0.3 is 49.1 Å². The number of benzene rings is 2. The molecule has 2 fully saturated rings. The minimum atomic E-state index is -1.85. The van der Waals surface area contributed by atoms with Crippen LogP contribution >= 0.6 is 11.6 Å². The lowest BCUT2D eigenvalue weighted by Gasteiger charge is -2.42. The summed E-state index contributed by atoms with van der Waals surface area (Å²) < 4.78 is 34.5. The second kappa shape index (κ2) is 16.7. The number of nitrogens with zero attached hydrogens (tertiary/aromatic N) is 2. The van der Waals surface area contributed by atoms with Crippen LogP contribution in [0.1, 0.15) is 56.5 Å². The summed E-state index contributed by atoms with van der Waals surface area (Å²) in [6, 6.07) is 7.03. The number of hydrogen-bond donors (Lipinski definition) is 3. The number of likely N-dealkylation sites (N-methyl/N-ethyl adjacent to an activating group) is 1. The Bertz CT molecular complexity index is 1920. The summed E-state index contributed by atoms with van der Waals surface area (Å²) in [7, 11) is 7.38. The maximum atomic E-state index is 14.2. The highest BCUT2D eigenvalue weighted by Crippen LogP contribution is 2.49. The average Bonchev–Trinajstić information content (AvgIpc) is 3.86. The van der Waals surface area contributed by atoms with Crippen LogP contribution in [0.3, 0.4) is 0 Å². The maximum Gasteiger partial charge on any atom is 0.409 e. The molecule has 0 aromatic heterocycles. The maximum absolute atomic E-state index is 14.2. The molecule has 2 saturated heterocycles. The number of allylic oxidation sites excluding steroid dienone is 3. The first-order chi connectivity index (χ1) is 26.4. The number of amides is 3. The fourth-order valence-corrected chi connectivity index (χ4v) is 7.54. The average molecular weight is 799 g/mol. The van der Waals surface area contributed by atoms with Gasteiger partial charge in [0.05, 0.1) is 38.0 Å². The van der Waals surface area contributed by atoms with Crippen LogP contribution in [0.2, 0.25) is 5.02 Å². The summed E-state index contributed by atoms with van der Waals surface area (Å²) in [4.78, 5) is 57.1. The van der Waals surface area contributed by atoms with Crippen LogP contribution in [-0.4, -0.2) is 111 Å². The molecule has 56 heavy (non-hydrogen) atoms. The molecular formula is C40H51ClN4O11. The highest BCUT2D eigenvalue weighted by Gasteiger charge is 2.64. The number of anilines is 2. The normalized spacial score (nSPS) is 30.0. The van der Waals surface area contributed by atoms with Crippen molar-refractivity contribution in [3.63, 3.8) is 0 Å². The van der Waals surface area contributed by atoms with Gasteiger partial charge in [-0.25, -0.2) is 9.59 Å². The number of carbonyl (C=O) groups is 4. The predicted octanol–water partition coefficient (Wildman–Crippen LogP) is 4.42. The topological polar surface area (TPSA) is 192 Å². The largest absolute Gasteiger partial charge is 0.497 e. The van der Waals surface area contributed by atoms with E-state index in [-0.39, 0.29) is 29.1 Å². The van der Waals surface area contributed by atoms with Crippen molar-refractivity contribution >= 4 is 46.9 Å². The second-order valence-corrected chi connectivity index (χ2v) is 15.1. The van der Waals surface area contributed by atoms with Gasteiger partial charge in [0.25, 0.3) is 5.91 Å². The highest BCUT2D eigenvalue weighted by molar-refractivity contribution is 6.35. The van der Waals surface area contributed by atoms with Crippen molar-refractivity contribution in [3.8, 4) is 11.5 Å². The van der Waals surface area contributed by atoms with Gasteiger partial charge in [0.1, 0.15) is 46.5 Å². The Morgan fingerprint density at radius 3 is 2.52 bits per heavy atom. The van der Waals surface area contributed by atoms with Crippen LogP contribution in [0, 0.1) is 5.92 Å². The van der Waals surface area contributed by atoms with Gasteiger partial charge in [-0.15, -0.1) is 0 Å². The molecule has 15 nitrogen and oxygen atoms in total. The molecule has 2 aromatic rings. The lowest BCUT2D eigenvalue weighted by Crippen LogP contribution is -2.63. The fraction of sp³-hybridized carbons (Fsp3) is 0.500. The molecule has 0 aliphatic carbocycles. The summed E-state index contributed by atoms with van der Waals surface area (Å²) in [6.07, 6.45) is 0.656. The monoisotopic (exact) mass is 798 g/mol. The van der Waals surface area contributed by atoms with E-state index in [4.69, 9.17) is 45.8 Å². The van der Waals surface area contributed by atoms with Crippen molar-refractivity contribution in [2.75, 3.05) is 46.1 Å². The number of nitrogens with two attached hydrogens (primary N) is 1. The number of nitrogens with one attached hydrogen (secondary N) is 1. The van der Waals surface area contributed by atoms with Crippen LogP contribution in [0.5, 0.6) is 11.5 Å². The number of aliphatic hydroxyl groups is 1. The van der Waals surface area contributed by atoms with Gasteiger partial charge in [-0.3, -0.25) is 14.9 Å². The Morgan fingerprint density at radius 1 is 1.16 bits per heavy atom. The van der Waals surface area contributed by atoms with E-state index in [1.165, 1.54) is 57.2 Å². The number of halogens is 1. The van der Waals surface area contributed by atoms with Crippen LogP contribution in [0.25, 0.3) is 0 Å². The summed E-state index contributed by atoms with van der Waals surface area (Å²) in [5.74, 6) is -1.56. The summed E-state index contributed by atoms with van der Waals surface area (Å²) in [6.45, 7) is 6.89. The number of epoxide rings is 1. The number of esters is 1. The van der Waals surface area contributed by atoms with Gasteiger partial charge >= 0.3 is 12.1 Å². The molecule has 3 amide bonds. The number of fused-ring (bicyclic) bond motifs is 5. The van der Waals surface area contributed by atoms with Crippen LogP contribution < -0.4 is 25.4 Å². The lowest BCUT2D eigenvalue weighted by atomic mass is 9.83. The molecule has 3 aliphatic heterocycles. The van der Waals surface area contributed by atoms with Crippen molar-refractivity contribution in [2.24, 2.45) is 5.92 Å². The van der Waals surface area contributed by atoms with Gasteiger partial charge in [0, 0.05) is 45.3 Å². The SMILES string of the molecule is COc1ccc(C(=O)N(C)[C@@H](C)C(=O)O[C@H]2CC(=O)N(C)c3cc(cc(OC)c3Cl)C/C(C)=C/C=C/[C@@H](OC)[C@@]3(O)C[C@H](OC(=O)N3)[C@@H](C)[C@@H]3O[C@@]23C)c(N)c1. The number of nitrogen functional groups attached to an aromatic ring is 1. The van der Waals surface area contributed by atoms with E-state index in [2.05, 4.69) is 5.32 Å². The van der Waals surface area contributed by atoms with E-state index in [0.717, 1.165) is 11.1 Å². The Balaban J connectivity index is 1.52. The van der Waals surface area contributed by atoms with Crippen LogP contribution in [0.15, 0.2) is 54.1 Å². The van der Waals surface area contributed by atoms with Crippen LogP contribution in [-0.2, 0) is 35.0 Å². The molecule has 8 atom stereocenters. The zero-order valence-corrected chi connectivity index (χ0v) is 33.8. The molecule has 0 radical (unpaired) electrons. The zero-order chi connectivity index (χ0) is 41.3. The number of methoxy groups -OCH3 is 3. The van der Waals surface area contributed by atoms with Gasteiger partial charge in [0.15, 0.2) is 5.72 Å². The fourth-order valence-electron chi connectivity index (χ4n) is 7.23. The van der Waals surface area contributed by atoms with E-state index in [1.807, 2.05) is 13.0 Å². The first-order valence-electron chi connectivity index (χ1n) is 18.2. The molecule has 3 aliphatic rings. The molecule has 4 bridgehead atoms. The van der Waals surface area contributed by atoms with E-state index < -0.39 is 71.6 Å². The van der Waals surface area contributed by atoms with E-state index >= 15 is 0 Å². The minimum absolute atomic E-state index is 0.0733. The smallest absolute Gasteiger partial charge is 0.409 e. The molecule has 0 spiro atoms. The second-order valence-electron chi connectivity index (χ2n) is 14.8. The molecule has 304 valence electrons. The van der Waals surface area contributed by atoms with Crippen LogP contribution in [0.4, 0.5) is 16.2 Å². The molecule has 0 saturated carbocycles. The summed E-state index contributed by atoms with van der Waals surface area (Å²) >= 11 is 6.77. The third-order valence-corrected chi connectivity index (χ3v) is 11.3. The molecule has 3 heterocycles. The number of ether oxygens (including phenoxy) is 6. The summed E-state index contributed by atoms with van der Waals surface area (Å²) in [5.41, 5.74) is 5.41. The molecule has 5 rings (SSSR count). The van der Waals surface area contributed by atoms with Crippen molar-refractivity contribution < 1.29 is 52.7 Å². The van der Waals surface area contributed by atoms with Gasteiger partial charge in [-0.2, -0.15) is 0 Å². The first-order valence-corrected chi connectivity index (χ1v) is 18.5. The third kappa shape index (κ3) is 8.60. The summed E-state index contributed by atoms with van der Waals surface area (Å²) in [5, 5.41) is 14.5. The van der Waals surface area contributed by atoms with Crippen molar-refractivity contribution in [1.82, 2.24) is 10.2 Å². The predicted molar refractivity (Wildman–Crippen MR) is 208 cm³/mol. The van der Waals surface area contributed by atoms with Crippen molar-refractivity contribution in [1.29, 1.82) is 0 Å². The number of carbonyl (C=O) groups excluding carboxylic acids is 4. The minimum Gasteiger partial charge on any atom is -0.497 e. The van der Waals surface area contributed by atoms with Crippen molar-refractivity contribution in [2.45, 2.75) is 88.7 Å². The molecule has 16 heteroatoms. The molecule has 0 unspecified atom stereocenters. The number of rotatable bonds is 7. The molecular weight excluding hydrogens is 748 g/mol. The van der Waals surface area contributed by atoms with Crippen molar-refractivity contribution in [3.05, 3.63) is 70.3 Å². The molecule has 4 N–H and O–H groups in total. The first kappa shape index (κ1) is 42.3. The third-order valence-electron chi connectivity index (χ3n) is 10.9. The van der Waals surface area contributed by atoms with Gasteiger partial charge in [-0.05, 0) is 57.0 Å². The van der Waals surface area contributed by atoms with Gasteiger partial charge in [-0.1, -0.05) is 42.3 Å². The molecule has 2 aromatic carbocycles. The van der Waals surface area contributed by atoms with E-state index in [9.17, 15) is 24.3 Å². The number of alkyl carbamates (subject to hydrolysis) is 1. The quantitative estimate of drug-likeness (QED) is 0.203. The highest BCUT2D eigenvalue weighted by atomic mass is 35.5. The Kier molecular flexibility index (Phi) is 12.6. The van der Waals surface area contributed by atoms with E-state index in [0.29, 0.717) is 23.6 Å². The van der Waals surface area contributed by atoms with Gasteiger partial charge in [0.2, 0.25) is 5.91 Å². The zero-order valence-electron chi connectivity index (χ0n) is 33.1. The standard InChI is InChI=1S/C40H51ClN4O11/c1-21-11-10-12-31(53-9)40(50)20-30(54-38(49)43-40)22(2)35-39(4,56-35)32(19-33(46)45(6)28-16-24(15-21)17-29(52-8)34(28)41)55-37(48)23(3)44(5)36(47)26-14-13-25(51-7)18-27(26)42/h10-14,16-18,22-23,30-32,35,50H,15,19-20,42H2,1-9H3,(H,43,49)/b12-10+,21-11+/t22-,23+,30+,31-,32+,35+,39+,40+/m1/s1. The Morgan fingerprint density at radius 2 is 1.88 bits per heavy atom. The Labute approximate surface area is 331 Å². The lowest BCUT2D eigenvalue weighted by molar-refractivity contribution is -0.158. The van der Waals surface area contributed by atoms with E-state index in [1.54, 1.807) is 51.2 Å². The Hall–Kier alpha value is -4.83.